The molecule has 0 aliphatic rings. The summed E-state index contributed by atoms with van der Waals surface area (Å²) in [5.41, 5.74) is 0.107. The van der Waals surface area contributed by atoms with Crippen molar-refractivity contribution in [2.45, 2.75) is 11.4 Å². The smallest absolute Gasteiger partial charge is 0.266 e. The average molecular weight is 414 g/mol. The van der Waals surface area contributed by atoms with Crippen molar-refractivity contribution in [3.63, 3.8) is 0 Å². The van der Waals surface area contributed by atoms with E-state index in [4.69, 9.17) is 27.6 Å². The summed E-state index contributed by atoms with van der Waals surface area (Å²) < 4.78 is 33.5. The van der Waals surface area contributed by atoms with Gasteiger partial charge in [0.05, 0.1) is 22.9 Å². The lowest BCUT2D eigenvalue weighted by Crippen LogP contribution is -2.32. The largest absolute Gasteiger partial charge is 0.463 e. The second kappa shape index (κ2) is 7.63. The zero-order chi connectivity index (χ0) is 18.7. The van der Waals surface area contributed by atoms with Gasteiger partial charge in [0.2, 0.25) is 10.0 Å². The maximum Gasteiger partial charge on any atom is 0.266 e. The number of halogens is 2. The minimum atomic E-state index is -3.88. The molecule has 0 aliphatic carbocycles. The van der Waals surface area contributed by atoms with Gasteiger partial charge in [-0.15, -0.1) is 0 Å². The number of hydrogen-bond donors (Lipinski definition) is 1. The lowest BCUT2D eigenvalue weighted by Gasteiger charge is -2.10. The Morgan fingerprint density at radius 2 is 1.92 bits per heavy atom. The molecule has 0 fully saturated rings. The highest BCUT2D eigenvalue weighted by molar-refractivity contribution is 7.89. The molecule has 0 saturated carbocycles. The van der Waals surface area contributed by atoms with Crippen molar-refractivity contribution in [1.29, 1.82) is 0 Å². The number of furan rings is 1. The summed E-state index contributed by atoms with van der Waals surface area (Å²) in [7, 11) is -3.88. The van der Waals surface area contributed by atoms with Crippen LogP contribution in [0.3, 0.4) is 0 Å². The number of nitrogens with one attached hydrogen (secondary N) is 1. The molecule has 26 heavy (non-hydrogen) atoms. The van der Waals surface area contributed by atoms with E-state index in [9.17, 15) is 13.2 Å². The van der Waals surface area contributed by atoms with Gasteiger partial charge in [0, 0.05) is 12.6 Å². The lowest BCUT2D eigenvalue weighted by molar-refractivity contribution is 0.539. The van der Waals surface area contributed by atoms with Gasteiger partial charge in [-0.3, -0.25) is 4.79 Å². The number of hydrogen-bond acceptors (Lipinski definition) is 5. The summed E-state index contributed by atoms with van der Waals surface area (Å²) in [6.45, 7) is -0.0233. The van der Waals surface area contributed by atoms with Gasteiger partial charge < -0.3 is 4.42 Å². The van der Waals surface area contributed by atoms with Crippen molar-refractivity contribution in [1.82, 2.24) is 14.5 Å². The van der Waals surface area contributed by atoms with E-state index in [2.05, 4.69) is 9.82 Å². The molecule has 10 heteroatoms. The van der Waals surface area contributed by atoms with Crippen molar-refractivity contribution in [2.75, 3.05) is 6.54 Å². The first-order valence-corrected chi connectivity index (χ1v) is 9.68. The van der Waals surface area contributed by atoms with Crippen LogP contribution in [0.25, 0.3) is 11.5 Å². The standard InChI is InChI=1S/C16H13Cl2N3O4S/c17-11-3-1-5-14(16(11)18)26(23,24)19-8-9-21-15(22)7-6-12(20-21)13-4-2-10-25-13/h1-7,10,19H,8-9H2. The Hall–Kier alpha value is -2.13. The topological polar surface area (TPSA) is 94.2 Å². The monoisotopic (exact) mass is 413 g/mol. The fraction of sp³-hybridized carbons (Fsp3) is 0.125. The first-order chi connectivity index (χ1) is 12.4. The lowest BCUT2D eigenvalue weighted by atomic mass is 10.3. The molecule has 2 heterocycles. The molecule has 0 unspecified atom stereocenters. The highest BCUT2D eigenvalue weighted by Gasteiger charge is 2.19. The average Bonchev–Trinajstić information content (AvgIpc) is 3.13. The van der Waals surface area contributed by atoms with Gasteiger partial charge in [-0.25, -0.2) is 17.8 Å². The second-order valence-electron chi connectivity index (χ2n) is 5.21. The number of sulfonamides is 1. The van der Waals surface area contributed by atoms with E-state index in [-0.39, 0.29) is 33.6 Å². The molecule has 1 N–H and O–H groups in total. The van der Waals surface area contributed by atoms with Crippen LogP contribution in [-0.4, -0.2) is 24.7 Å². The molecule has 3 rings (SSSR count). The quantitative estimate of drug-likeness (QED) is 0.670. The summed E-state index contributed by atoms with van der Waals surface area (Å²) >= 11 is 11.8. The van der Waals surface area contributed by atoms with Gasteiger partial charge in [0.1, 0.15) is 10.6 Å². The summed E-state index contributed by atoms with van der Waals surface area (Å²) in [6.07, 6.45) is 1.50. The van der Waals surface area contributed by atoms with Crippen molar-refractivity contribution < 1.29 is 12.8 Å². The third-order valence-corrected chi connectivity index (χ3v) is 5.90. The van der Waals surface area contributed by atoms with E-state index in [1.165, 1.54) is 36.6 Å². The molecule has 2 aromatic heterocycles. The number of nitrogens with zero attached hydrogens (tertiary/aromatic N) is 2. The maximum absolute atomic E-state index is 12.4. The molecular weight excluding hydrogens is 401 g/mol. The van der Waals surface area contributed by atoms with Gasteiger partial charge in [0.15, 0.2) is 5.76 Å². The van der Waals surface area contributed by atoms with Gasteiger partial charge in [0.25, 0.3) is 5.56 Å². The van der Waals surface area contributed by atoms with E-state index in [0.29, 0.717) is 11.5 Å². The Morgan fingerprint density at radius 3 is 2.65 bits per heavy atom. The first-order valence-electron chi connectivity index (χ1n) is 7.44. The Bertz CT molecular complexity index is 1080. The highest BCUT2D eigenvalue weighted by Crippen LogP contribution is 2.28. The van der Waals surface area contributed by atoms with Crippen molar-refractivity contribution in [3.8, 4) is 11.5 Å². The van der Waals surface area contributed by atoms with Crippen LogP contribution in [0.4, 0.5) is 0 Å². The van der Waals surface area contributed by atoms with Crippen LogP contribution in [0.2, 0.25) is 10.0 Å². The van der Waals surface area contributed by atoms with Gasteiger partial charge in [-0.1, -0.05) is 29.3 Å². The van der Waals surface area contributed by atoms with Crippen LogP contribution in [-0.2, 0) is 16.6 Å². The molecule has 0 atom stereocenters. The normalized spacial score (nSPS) is 11.6. The van der Waals surface area contributed by atoms with Crippen LogP contribution in [0, 0.1) is 0 Å². The molecule has 0 aliphatic heterocycles. The number of aromatic nitrogens is 2. The molecular formula is C16H13Cl2N3O4S. The van der Waals surface area contributed by atoms with E-state index in [0.717, 1.165) is 4.68 Å². The summed E-state index contributed by atoms with van der Waals surface area (Å²) in [5.74, 6) is 0.505. The Balaban J connectivity index is 1.75. The zero-order valence-electron chi connectivity index (χ0n) is 13.2. The predicted octanol–water partition coefficient (Wildman–Crippen LogP) is 2.79. The van der Waals surface area contributed by atoms with Crippen LogP contribution in [0.15, 0.2) is 62.8 Å². The van der Waals surface area contributed by atoms with E-state index in [1.807, 2.05) is 0 Å². The molecule has 7 nitrogen and oxygen atoms in total. The van der Waals surface area contributed by atoms with Crippen LogP contribution >= 0.6 is 23.2 Å². The molecule has 0 radical (unpaired) electrons. The Labute approximate surface area is 159 Å². The summed E-state index contributed by atoms with van der Waals surface area (Å²) in [4.78, 5) is 11.8. The van der Waals surface area contributed by atoms with E-state index in [1.54, 1.807) is 12.1 Å². The minimum absolute atomic E-state index is 0.0325. The van der Waals surface area contributed by atoms with Crippen molar-refractivity contribution in [2.24, 2.45) is 0 Å². The molecule has 3 aromatic rings. The van der Waals surface area contributed by atoms with Gasteiger partial charge in [-0.05, 0) is 30.3 Å². The third kappa shape index (κ3) is 3.99. The SMILES string of the molecule is O=c1ccc(-c2ccco2)nn1CCNS(=O)(=O)c1cccc(Cl)c1Cl. The molecule has 0 saturated heterocycles. The van der Waals surface area contributed by atoms with Crippen molar-refractivity contribution in [3.05, 3.63) is 69.1 Å². The van der Waals surface area contributed by atoms with Gasteiger partial charge in [-0.2, -0.15) is 5.10 Å². The first kappa shape index (κ1) is 18.7. The van der Waals surface area contributed by atoms with Gasteiger partial charge >= 0.3 is 0 Å². The highest BCUT2D eigenvalue weighted by atomic mass is 35.5. The molecule has 0 bridgehead atoms. The van der Waals surface area contributed by atoms with Crippen molar-refractivity contribution >= 4 is 33.2 Å². The fourth-order valence-electron chi connectivity index (χ4n) is 2.22. The number of rotatable bonds is 6. The summed E-state index contributed by atoms with van der Waals surface area (Å²) in [5, 5.41) is 4.25. The number of benzene rings is 1. The molecule has 1 aromatic carbocycles. The minimum Gasteiger partial charge on any atom is -0.463 e. The van der Waals surface area contributed by atoms with Crippen LogP contribution < -0.4 is 10.3 Å². The molecule has 136 valence electrons. The predicted molar refractivity (Wildman–Crippen MR) is 97.8 cm³/mol. The molecule has 0 spiro atoms. The Kier molecular flexibility index (Phi) is 5.47. The Morgan fingerprint density at radius 1 is 1.12 bits per heavy atom. The zero-order valence-corrected chi connectivity index (χ0v) is 15.6. The maximum atomic E-state index is 12.4. The summed E-state index contributed by atoms with van der Waals surface area (Å²) in [6, 6.07) is 10.6. The fourth-order valence-corrected chi connectivity index (χ4v) is 4.00. The van der Waals surface area contributed by atoms with Crippen LogP contribution in [0.5, 0.6) is 0 Å². The van der Waals surface area contributed by atoms with Crippen LogP contribution in [0.1, 0.15) is 0 Å². The second-order valence-corrected chi connectivity index (χ2v) is 7.73. The third-order valence-electron chi connectivity index (χ3n) is 3.46. The van der Waals surface area contributed by atoms with E-state index >= 15 is 0 Å². The molecule has 0 amide bonds. The van der Waals surface area contributed by atoms with E-state index < -0.39 is 10.0 Å².